The standard InChI is InChI=1S/C21H22N4O4/c1-4-29-17-11-7-8-14(19(17)26)12-22-23-20(27)18-15-9-5-6-10-16(15)21(28)25(24-18)13(2)3/h5-13,26H,4H2,1-3H3,(H,23,27)/b22-12+. The van der Waals surface area contributed by atoms with Crippen LogP contribution in [-0.2, 0) is 0 Å². The number of ether oxygens (including phenoxy) is 1. The molecule has 0 fully saturated rings. The van der Waals surface area contributed by atoms with Crippen molar-refractivity contribution in [2.45, 2.75) is 26.8 Å². The maximum atomic E-state index is 12.7. The summed E-state index contributed by atoms with van der Waals surface area (Å²) in [6, 6.07) is 11.6. The van der Waals surface area contributed by atoms with Crippen LogP contribution in [0.3, 0.4) is 0 Å². The molecule has 29 heavy (non-hydrogen) atoms. The zero-order valence-corrected chi connectivity index (χ0v) is 16.4. The van der Waals surface area contributed by atoms with Crippen LogP contribution in [0.1, 0.15) is 42.9 Å². The quantitative estimate of drug-likeness (QED) is 0.494. The number of hydrazone groups is 1. The molecule has 3 aromatic rings. The van der Waals surface area contributed by atoms with E-state index in [1.54, 1.807) is 42.5 Å². The van der Waals surface area contributed by atoms with Gasteiger partial charge in [0.2, 0.25) is 0 Å². The maximum absolute atomic E-state index is 12.7. The number of nitrogens with zero attached hydrogens (tertiary/aromatic N) is 3. The summed E-state index contributed by atoms with van der Waals surface area (Å²) in [6.45, 7) is 5.86. The van der Waals surface area contributed by atoms with Crippen molar-refractivity contribution in [2.75, 3.05) is 6.61 Å². The molecule has 0 radical (unpaired) electrons. The van der Waals surface area contributed by atoms with Crippen LogP contribution in [0.2, 0.25) is 0 Å². The van der Waals surface area contributed by atoms with E-state index in [0.29, 0.717) is 28.7 Å². The van der Waals surface area contributed by atoms with Crippen molar-refractivity contribution in [3.8, 4) is 11.5 Å². The Hall–Kier alpha value is -3.68. The number of nitrogens with one attached hydrogen (secondary N) is 1. The lowest BCUT2D eigenvalue weighted by Crippen LogP contribution is -2.30. The Morgan fingerprint density at radius 1 is 1.24 bits per heavy atom. The van der Waals surface area contributed by atoms with Gasteiger partial charge in [0.05, 0.1) is 24.2 Å². The number of benzene rings is 2. The molecule has 8 heteroatoms. The molecule has 8 nitrogen and oxygen atoms in total. The summed E-state index contributed by atoms with van der Waals surface area (Å²) in [5, 5.41) is 19.2. The van der Waals surface area contributed by atoms with Crippen molar-refractivity contribution >= 4 is 22.9 Å². The van der Waals surface area contributed by atoms with E-state index in [0.717, 1.165) is 0 Å². The van der Waals surface area contributed by atoms with E-state index in [2.05, 4.69) is 15.6 Å². The van der Waals surface area contributed by atoms with Crippen molar-refractivity contribution in [3.05, 3.63) is 64.1 Å². The highest BCUT2D eigenvalue weighted by Gasteiger charge is 2.17. The number of para-hydroxylation sites is 1. The van der Waals surface area contributed by atoms with Gasteiger partial charge >= 0.3 is 0 Å². The number of amides is 1. The third kappa shape index (κ3) is 4.11. The summed E-state index contributed by atoms with van der Waals surface area (Å²) >= 11 is 0. The molecule has 0 atom stereocenters. The normalized spacial score (nSPS) is 11.3. The highest BCUT2D eigenvalue weighted by molar-refractivity contribution is 6.05. The molecule has 2 N–H and O–H groups in total. The molecule has 3 rings (SSSR count). The number of carbonyl (C=O) groups excluding carboxylic acids is 1. The predicted molar refractivity (Wildman–Crippen MR) is 111 cm³/mol. The molecule has 1 aromatic heterocycles. The van der Waals surface area contributed by atoms with Gasteiger partial charge in [0, 0.05) is 10.9 Å². The lowest BCUT2D eigenvalue weighted by molar-refractivity contribution is 0.0949. The molecule has 0 aliphatic rings. The van der Waals surface area contributed by atoms with Gasteiger partial charge in [-0.1, -0.05) is 24.3 Å². The minimum atomic E-state index is -0.563. The van der Waals surface area contributed by atoms with Gasteiger partial charge in [-0.3, -0.25) is 9.59 Å². The molecule has 0 aliphatic carbocycles. The van der Waals surface area contributed by atoms with Crippen LogP contribution in [0.15, 0.2) is 52.4 Å². The number of hydrogen-bond donors (Lipinski definition) is 2. The van der Waals surface area contributed by atoms with Crippen LogP contribution in [0.25, 0.3) is 10.8 Å². The number of aromatic nitrogens is 2. The topological polar surface area (TPSA) is 106 Å². The Labute approximate surface area is 167 Å². The summed E-state index contributed by atoms with van der Waals surface area (Å²) in [7, 11) is 0. The first-order valence-electron chi connectivity index (χ1n) is 9.23. The predicted octanol–water partition coefficient (Wildman–Crippen LogP) is 2.85. The van der Waals surface area contributed by atoms with Gasteiger partial charge in [-0.15, -0.1) is 0 Å². The monoisotopic (exact) mass is 394 g/mol. The highest BCUT2D eigenvalue weighted by atomic mass is 16.5. The number of phenols is 1. The minimum Gasteiger partial charge on any atom is -0.504 e. The average Bonchev–Trinajstić information content (AvgIpc) is 2.71. The Morgan fingerprint density at radius 2 is 1.97 bits per heavy atom. The second-order valence-electron chi connectivity index (χ2n) is 6.56. The summed E-state index contributed by atoms with van der Waals surface area (Å²) in [5.41, 5.74) is 2.63. The zero-order valence-electron chi connectivity index (χ0n) is 16.4. The molecule has 0 saturated heterocycles. The number of hydrogen-bond acceptors (Lipinski definition) is 6. The van der Waals surface area contributed by atoms with E-state index in [-0.39, 0.29) is 23.0 Å². The SMILES string of the molecule is CCOc1cccc(/C=N/NC(=O)c2nn(C(C)C)c(=O)c3ccccc23)c1O. The Kier molecular flexibility index (Phi) is 5.92. The summed E-state index contributed by atoms with van der Waals surface area (Å²) in [4.78, 5) is 25.3. The number of rotatable bonds is 6. The molecule has 0 spiro atoms. The van der Waals surface area contributed by atoms with Gasteiger partial charge in [0.25, 0.3) is 11.5 Å². The first-order chi connectivity index (χ1) is 13.9. The van der Waals surface area contributed by atoms with E-state index < -0.39 is 5.91 Å². The van der Waals surface area contributed by atoms with Crippen LogP contribution in [0, 0.1) is 0 Å². The number of carbonyl (C=O) groups is 1. The number of fused-ring (bicyclic) bond motifs is 1. The minimum absolute atomic E-state index is 0.0655. The fraction of sp³-hybridized carbons (Fsp3) is 0.238. The fourth-order valence-electron chi connectivity index (χ4n) is 2.85. The Morgan fingerprint density at radius 3 is 2.66 bits per heavy atom. The first-order valence-corrected chi connectivity index (χ1v) is 9.23. The lowest BCUT2D eigenvalue weighted by Gasteiger charge is -2.12. The van der Waals surface area contributed by atoms with Gasteiger partial charge in [-0.05, 0) is 39.0 Å². The third-order valence-electron chi connectivity index (χ3n) is 4.23. The van der Waals surface area contributed by atoms with Gasteiger partial charge in [-0.2, -0.15) is 10.2 Å². The van der Waals surface area contributed by atoms with E-state index >= 15 is 0 Å². The van der Waals surface area contributed by atoms with Gasteiger partial charge in [0.1, 0.15) is 0 Å². The summed E-state index contributed by atoms with van der Waals surface area (Å²) in [5.74, 6) is -0.295. The second kappa shape index (κ2) is 8.55. The average molecular weight is 394 g/mol. The van der Waals surface area contributed by atoms with Gasteiger partial charge in [0.15, 0.2) is 17.2 Å². The second-order valence-corrected chi connectivity index (χ2v) is 6.56. The van der Waals surface area contributed by atoms with Crippen LogP contribution < -0.4 is 15.7 Å². The smallest absolute Gasteiger partial charge is 0.292 e. The molecule has 1 heterocycles. The molecule has 0 aliphatic heterocycles. The molecule has 0 saturated carbocycles. The summed E-state index contributed by atoms with van der Waals surface area (Å²) < 4.78 is 6.60. The number of phenolic OH excluding ortho intramolecular Hbond substituents is 1. The zero-order chi connectivity index (χ0) is 21.0. The molecular formula is C21H22N4O4. The maximum Gasteiger partial charge on any atom is 0.292 e. The lowest BCUT2D eigenvalue weighted by atomic mass is 10.1. The third-order valence-corrected chi connectivity index (χ3v) is 4.23. The van der Waals surface area contributed by atoms with E-state index in [4.69, 9.17) is 4.74 Å². The van der Waals surface area contributed by atoms with Gasteiger partial charge < -0.3 is 9.84 Å². The van der Waals surface area contributed by atoms with E-state index in [1.165, 1.54) is 10.9 Å². The molecular weight excluding hydrogens is 372 g/mol. The van der Waals surface area contributed by atoms with Crippen molar-refractivity contribution < 1.29 is 14.6 Å². The highest BCUT2D eigenvalue weighted by Crippen LogP contribution is 2.28. The largest absolute Gasteiger partial charge is 0.504 e. The van der Waals surface area contributed by atoms with Crippen molar-refractivity contribution in [3.63, 3.8) is 0 Å². The van der Waals surface area contributed by atoms with E-state index in [9.17, 15) is 14.7 Å². The van der Waals surface area contributed by atoms with E-state index in [1.807, 2.05) is 20.8 Å². The molecule has 0 unspecified atom stereocenters. The van der Waals surface area contributed by atoms with Crippen LogP contribution in [0.5, 0.6) is 11.5 Å². The molecule has 1 amide bonds. The van der Waals surface area contributed by atoms with Gasteiger partial charge in [-0.25, -0.2) is 10.1 Å². The summed E-state index contributed by atoms with van der Waals surface area (Å²) in [6.07, 6.45) is 1.32. The van der Waals surface area contributed by atoms with Crippen molar-refractivity contribution in [1.82, 2.24) is 15.2 Å². The Balaban J connectivity index is 1.91. The fourth-order valence-corrected chi connectivity index (χ4v) is 2.85. The molecule has 2 aromatic carbocycles. The number of aromatic hydroxyl groups is 1. The van der Waals surface area contributed by atoms with Crippen molar-refractivity contribution in [2.24, 2.45) is 5.10 Å². The molecule has 0 bridgehead atoms. The van der Waals surface area contributed by atoms with Crippen LogP contribution >= 0.6 is 0 Å². The van der Waals surface area contributed by atoms with Crippen LogP contribution in [0.4, 0.5) is 0 Å². The molecule has 150 valence electrons. The van der Waals surface area contributed by atoms with Crippen LogP contribution in [-0.4, -0.2) is 33.6 Å². The van der Waals surface area contributed by atoms with Crippen molar-refractivity contribution in [1.29, 1.82) is 0 Å². The first kappa shape index (κ1) is 20.1. The Bertz CT molecular complexity index is 1140.